The quantitative estimate of drug-likeness (QED) is 0.687. The largest absolute Gasteiger partial charge is 0.497 e. The number of nitrogens with one attached hydrogen (secondary N) is 2. The van der Waals surface area contributed by atoms with Crippen LogP contribution in [-0.2, 0) is 6.54 Å². The van der Waals surface area contributed by atoms with Crippen LogP contribution >= 0.6 is 0 Å². The van der Waals surface area contributed by atoms with Crippen LogP contribution in [0.25, 0.3) is 0 Å². The van der Waals surface area contributed by atoms with Gasteiger partial charge in [0.15, 0.2) is 0 Å². The van der Waals surface area contributed by atoms with Crippen molar-refractivity contribution in [2.75, 3.05) is 32.1 Å². The smallest absolute Gasteiger partial charge is 0.255 e. The summed E-state index contributed by atoms with van der Waals surface area (Å²) in [5, 5.41) is 6.62. The molecule has 2 aromatic rings. The van der Waals surface area contributed by atoms with Crippen LogP contribution in [0.2, 0.25) is 0 Å². The van der Waals surface area contributed by atoms with Crippen molar-refractivity contribution in [2.24, 2.45) is 0 Å². The topological polar surface area (TPSA) is 53.6 Å². The van der Waals surface area contributed by atoms with Crippen molar-refractivity contribution in [1.29, 1.82) is 0 Å². The van der Waals surface area contributed by atoms with E-state index in [1.165, 1.54) is 5.56 Å². The molecule has 0 radical (unpaired) electrons. The van der Waals surface area contributed by atoms with Crippen LogP contribution in [0.4, 0.5) is 5.69 Å². The van der Waals surface area contributed by atoms with E-state index in [9.17, 15) is 4.79 Å². The molecule has 3 rings (SSSR count). The second-order valence-corrected chi connectivity index (χ2v) is 7.13. The summed E-state index contributed by atoms with van der Waals surface area (Å²) in [5.41, 5.74) is 2.58. The molecule has 0 aliphatic carbocycles. The lowest BCUT2D eigenvalue weighted by Gasteiger charge is -2.31. The number of anilines is 1. The molecule has 5 nitrogen and oxygen atoms in total. The molecule has 0 spiro atoms. The summed E-state index contributed by atoms with van der Waals surface area (Å²) in [6.45, 7) is 7.82. The SMILES string of the molecule is C=CCN1CCC(NCc2cccc(NC(=O)c3ccc(OC)cc3)c2)CC1. The van der Waals surface area contributed by atoms with E-state index in [-0.39, 0.29) is 5.91 Å². The fourth-order valence-corrected chi connectivity index (χ4v) is 3.47. The Hall–Kier alpha value is -2.63. The molecular weight excluding hydrogens is 350 g/mol. The summed E-state index contributed by atoms with van der Waals surface area (Å²) in [6.07, 6.45) is 4.28. The van der Waals surface area contributed by atoms with Crippen molar-refractivity contribution in [3.05, 3.63) is 72.3 Å². The van der Waals surface area contributed by atoms with Crippen LogP contribution in [0.1, 0.15) is 28.8 Å². The van der Waals surface area contributed by atoms with Gasteiger partial charge in [-0.3, -0.25) is 9.69 Å². The zero-order valence-electron chi connectivity index (χ0n) is 16.5. The van der Waals surface area contributed by atoms with E-state index in [1.54, 1.807) is 31.4 Å². The molecule has 1 aliphatic heterocycles. The number of carbonyl (C=O) groups is 1. The number of hydrogen-bond donors (Lipinski definition) is 2. The Morgan fingerprint density at radius 3 is 2.64 bits per heavy atom. The molecule has 0 unspecified atom stereocenters. The molecule has 0 atom stereocenters. The van der Waals surface area contributed by atoms with Crippen LogP contribution in [0, 0.1) is 0 Å². The van der Waals surface area contributed by atoms with E-state index in [2.05, 4.69) is 28.2 Å². The number of likely N-dealkylation sites (tertiary alicyclic amines) is 1. The fourth-order valence-electron chi connectivity index (χ4n) is 3.47. The summed E-state index contributed by atoms with van der Waals surface area (Å²) in [4.78, 5) is 14.9. The Bertz CT molecular complexity index is 781. The first-order valence-corrected chi connectivity index (χ1v) is 9.79. The summed E-state index contributed by atoms with van der Waals surface area (Å²) in [5.74, 6) is 0.613. The summed E-state index contributed by atoms with van der Waals surface area (Å²) in [6, 6.07) is 15.6. The van der Waals surface area contributed by atoms with Crippen molar-refractivity contribution in [3.8, 4) is 5.75 Å². The first-order valence-electron chi connectivity index (χ1n) is 9.79. The van der Waals surface area contributed by atoms with Gasteiger partial charge in [-0.15, -0.1) is 6.58 Å². The number of methoxy groups -OCH3 is 1. The highest BCUT2D eigenvalue weighted by Crippen LogP contribution is 2.16. The van der Waals surface area contributed by atoms with Crippen LogP contribution in [0.5, 0.6) is 5.75 Å². The molecule has 1 aliphatic rings. The molecule has 0 bridgehead atoms. The summed E-state index contributed by atoms with van der Waals surface area (Å²) in [7, 11) is 1.61. The molecule has 0 saturated carbocycles. The summed E-state index contributed by atoms with van der Waals surface area (Å²) < 4.78 is 5.13. The molecule has 1 heterocycles. The number of hydrogen-bond acceptors (Lipinski definition) is 4. The highest BCUT2D eigenvalue weighted by Gasteiger charge is 2.17. The second kappa shape index (κ2) is 10.1. The molecule has 2 aromatic carbocycles. The van der Waals surface area contributed by atoms with Crippen molar-refractivity contribution >= 4 is 11.6 Å². The second-order valence-electron chi connectivity index (χ2n) is 7.13. The van der Waals surface area contributed by atoms with Crippen molar-refractivity contribution < 1.29 is 9.53 Å². The van der Waals surface area contributed by atoms with Gasteiger partial charge in [0.1, 0.15) is 5.75 Å². The van der Waals surface area contributed by atoms with Gasteiger partial charge in [0.05, 0.1) is 7.11 Å². The average Bonchev–Trinajstić information content (AvgIpc) is 2.74. The highest BCUT2D eigenvalue weighted by molar-refractivity contribution is 6.04. The number of nitrogens with zero attached hydrogens (tertiary/aromatic N) is 1. The first kappa shape index (κ1) is 20.1. The van der Waals surface area contributed by atoms with Crippen molar-refractivity contribution in [3.63, 3.8) is 0 Å². The van der Waals surface area contributed by atoms with Gasteiger partial charge in [-0.2, -0.15) is 0 Å². The number of piperidine rings is 1. The maximum Gasteiger partial charge on any atom is 0.255 e. The van der Waals surface area contributed by atoms with Gasteiger partial charge in [-0.1, -0.05) is 18.2 Å². The Kier molecular flexibility index (Phi) is 7.23. The average molecular weight is 380 g/mol. The number of rotatable bonds is 8. The van der Waals surface area contributed by atoms with E-state index < -0.39 is 0 Å². The molecule has 5 heteroatoms. The lowest BCUT2D eigenvalue weighted by atomic mass is 10.0. The highest BCUT2D eigenvalue weighted by atomic mass is 16.5. The van der Waals surface area contributed by atoms with Gasteiger partial charge >= 0.3 is 0 Å². The van der Waals surface area contributed by atoms with Crippen LogP contribution in [0.3, 0.4) is 0 Å². The number of benzene rings is 2. The Balaban J connectivity index is 1.51. The zero-order chi connectivity index (χ0) is 19.8. The van der Waals surface area contributed by atoms with E-state index in [1.807, 2.05) is 24.3 Å². The lowest BCUT2D eigenvalue weighted by Crippen LogP contribution is -2.42. The van der Waals surface area contributed by atoms with E-state index in [0.29, 0.717) is 11.6 Å². The third kappa shape index (κ3) is 5.68. The minimum atomic E-state index is -0.123. The number of amides is 1. The third-order valence-corrected chi connectivity index (χ3v) is 5.11. The van der Waals surface area contributed by atoms with Gasteiger partial charge in [0.25, 0.3) is 5.91 Å². The molecule has 148 valence electrons. The standard InChI is InChI=1S/C23H29N3O2/c1-3-13-26-14-11-20(12-15-26)24-17-18-5-4-6-21(16-18)25-23(27)19-7-9-22(28-2)10-8-19/h3-10,16,20,24H,1,11-15,17H2,2H3,(H,25,27). The first-order chi connectivity index (χ1) is 13.7. The zero-order valence-corrected chi connectivity index (χ0v) is 16.5. The Morgan fingerprint density at radius 2 is 1.96 bits per heavy atom. The van der Waals surface area contributed by atoms with E-state index in [4.69, 9.17) is 4.74 Å². The molecule has 1 amide bonds. The van der Waals surface area contributed by atoms with Crippen molar-refractivity contribution in [1.82, 2.24) is 10.2 Å². The van der Waals surface area contributed by atoms with Gasteiger partial charge in [-0.05, 0) is 67.9 Å². The third-order valence-electron chi connectivity index (χ3n) is 5.11. The maximum absolute atomic E-state index is 12.4. The number of carbonyl (C=O) groups excluding carboxylic acids is 1. The molecular formula is C23H29N3O2. The molecule has 2 N–H and O–H groups in total. The van der Waals surface area contributed by atoms with Gasteiger partial charge in [0.2, 0.25) is 0 Å². The van der Waals surface area contributed by atoms with Gasteiger partial charge in [-0.25, -0.2) is 0 Å². The van der Waals surface area contributed by atoms with Crippen LogP contribution in [-0.4, -0.2) is 43.6 Å². The monoisotopic (exact) mass is 379 g/mol. The minimum Gasteiger partial charge on any atom is -0.497 e. The molecule has 1 saturated heterocycles. The maximum atomic E-state index is 12.4. The fraction of sp³-hybridized carbons (Fsp3) is 0.348. The normalized spacial score (nSPS) is 15.2. The molecule has 28 heavy (non-hydrogen) atoms. The Morgan fingerprint density at radius 1 is 1.21 bits per heavy atom. The van der Waals surface area contributed by atoms with Gasteiger partial charge in [0, 0.05) is 30.4 Å². The molecule has 1 fully saturated rings. The van der Waals surface area contributed by atoms with E-state index in [0.717, 1.165) is 50.5 Å². The van der Waals surface area contributed by atoms with Crippen LogP contribution < -0.4 is 15.4 Å². The van der Waals surface area contributed by atoms with Crippen molar-refractivity contribution in [2.45, 2.75) is 25.4 Å². The lowest BCUT2D eigenvalue weighted by molar-refractivity contribution is 0.102. The van der Waals surface area contributed by atoms with Crippen LogP contribution in [0.15, 0.2) is 61.2 Å². The Labute approximate surface area is 167 Å². The number of ether oxygens (including phenoxy) is 1. The predicted octanol–water partition coefficient (Wildman–Crippen LogP) is 3.69. The predicted molar refractivity (Wildman–Crippen MR) is 114 cm³/mol. The summed E-state index contributed by atoms with van der Waals surface area (Å²) >= 11 is 0. The minimum absolute atomic E-state index is 0.123. The van der Waals surface area contributed by atoms with Gasteiger partial charge < -0.3 is 15.4 Å². The molecule has 0 aromatic heterocycles. The van der Waals surface area contributed by atoms with E-state index >= 15 is 0 Å².